The van der Waals surface area contributed by atoms with E-state index in [0.29, 0.717) is 23.9 Å². The number of amides is 1. The van der Waals surface area contributed by atoms with Crippen molar-refractivity contribution in [2.24, 2.45) is 0 Å². The second-order valence-corrected chi connectivity index (χ2v) is 10.9. The van der Waals surface area contributed by atoms with Crippen LogP contribution in [0.1, 0.15) is 45.9 Å². The van der Waals surface area contributed by atoms with Gasteiger partial charge in [-0.15, -0.1) is 16.8 Å². The van der Waals surface area contributed by atoms with E-state index in [0.717, 1.165) is 0 Å². The molecule has 0 unspecified atom stereocenters. The Hall–Kier alpha value is -1.35. The van der Waals surface area contributed by atoms with E-state index in [-0.39, 0.29) is 34.1 Å². The van der Waals surface area contributed by atoms with Gasteiger partial charge in [0.25, 0.3) is 0 Å². The topological polar surface area (TPSA) is 93.9 Å². The standard InChI is InChI=1S/C16H26N4O3S2/c1-6-8-20-13(12-7-9-25(22,23)10-12)18-19-15(20)24-11(2)14(21)17-16(3,4)5/h6,11-12H,1,7-10H2,2-5H3,(H,17,21)/t11-,12+/m1/s1. The average molecular weight is 387 g/mol. The minimum Gasteiger partial charge on any atom is -0.351 e. The number of aromatic nitrogens is 3. The molecule has 1 aromatic heterocycles. The fourth-order valence-corrected chi connectivity index (χ4v) is 5.28. The van der Waals surface area contributed by atoms with Crippen molar-refractivity contribution in [3.63, 3.8) is 0 Å². The second kappa shape index (κ2) is 7.49. The predicted molar refractivity (Wildman–Crippen MR) is 99.4 cm³/mol. The first-order valence-corrected chi connectivity index (χ1v) is 11.0. The number of rotatable bonds is 6. The molecule has 0 aromatic carbocycles. The molecule has 2 atom stereocenters. The summed E-state index contributed by atoms with van der Waals surface area (Å²) in [6.45, 7) is 11.8. The summed E-state index contributed by atoms with van der Waals surface area (Å²) in [6, 6.07) is 0. The van der Waals surface area contributed by atoms with Crippen LogP contribution in [0.25, 0.3) is 0 Å². The Bertz CT molecular complexity index is 750. The molecule has 25 heavy (non-hydrogen) atoms. The largest absolute Gasteiger partial charge is 0.351 e. The number of thioether (sulfide) groups is 1. The Morgan fingerprint density at radius 3 is 2.68 bits per heavy atom. The van der Waals surface area contributed by atoms with Crippen LogP contribution < -0.4 is 5.32 Å². The summed E-state index contributed by atoms with van der Waals surface area (Å²) in [5, 5.41) is 11.6. The number of hydrogen-bond acceptors (Lipinski definition) is 6. The maximum atomic E-state index is 12.3. The SMILES string of the molecule is C=CCn1c(S[C@H](C)C(=O)NC(C)(C)C)nnc1[C@H]1CCS(=O)(=O)C1. The van der Waals surface area contributed by atoms with Crippen LogP contribution in [0.3, 0.4) is 0 Å². The summed E-state index contributed by atoms with van der Waals surface area (Å²) >= 11 is 1.32. The molecule has 0 saturated carbocycles. The highest BCUT2D eigenvalue weighted by Crippen LogP contribution is 2.31. The summed E-state index contributed by atoms with van der Waals surface area (Å²) < 4.78 is 25.4. The quantitative estimate of drug-likeness (QED) is 0.591. The summed E-state index contributed by atoms with van der Waals surface area (Å²) in [4.78, 5) is 12.3. The fourth-order valence-electron chi connectivity index (χ4n) is 2.67. The lowest BCUT2D eigenvalue weighted by molar-refractivity contribution is -0.121. The lowest BCUT2D eigenvalue weighted by atomic mass is 10.1. The molecule has 2 heterocycles. The Labute approximate surface area is 153 Å². The van der Waals surface area contributed by atoms with Crippen molar-refractivity contribution in [3.05, 3.63) is 18.5 Å². The third kappa shape index (κ3) is 5.31. The third-order valence-electron chi connectivity index (χ3n) is 3.80. The minimum absolute atomic E-state index is 0.0735. The summed E-state index contributed by atoms with van der Waals surface area (Å²) in [5.74, 6) is 0.728. The molecule has 1 amide bonds. The molecule has 1 fully saturated rings. The first-order valence-electron chi connectivity index (χ1n) is 8.25. The monoisotopic (exact) mass is 386 g/mol. The highest BCUT2D eigenvalue weighted by Gasteiger charge is 2.33. The van der Waals surface area contributed by atoms with Crippen molar-refractivity contribution in [1.29, 1.82) is 0 Å². The van der Waals surface area contributed by atoms with Gasteiger partial charge in [0, 0.05) is 18.0 Å². The number of nitrogens with one attached hydrogen (secondary N) is 1. The lowest BCUT2D eigenvalue weighted by Gasteiger charge is -2.23. The molecule has 1 aromatic rings. The van der Waals surface area contributed by atoms with Gasteiger partial charge in [0.05, 0.1) is 16.8 Å². The summed E-state index contributed by atoms with van der Waals surface area (Å²) in [7, 11) is -3.00. The molecule has 0 radical (unpaired) electrons. The molecule has 1 aliphatic rings. The number of carbonyl (C=O) groups excluding carboxylic acids is 1. The Balaban J connectivity index is 2.18. The van der Waals surface area contributed by atoms with Gasteiger partial charge in [0.2, 0.25) is 5.91 Å². The molecule has 140 valence electrons. The maximum Gasteiger partial charge on any atom is 0.233 e. The molecule has 1 aliphatic heterocycles. The summed E-state index contributed by atoms with van der Waals surface area (Å²) in [5.41, 5.74) is -0.302. The van der Waals surface area contributed by atoms with Crippen LogP contribution in [0.15, 0.2) is 17.8 Å². The molecule has 9 heteroatoms. The zero-order chi connectivity index (χ0) is 18.8. The van der Waals surface area contributed by atoms with Crippen molar-refractivity contribution in [2.45, 2.75) is 62.5 Å². The first kappa shape index (κ1) is 20.0. The molecular weight excluding hydrogens is 360 g/mol. The Morgan fingerprint density at radius 2 is 2.16 bits per heavy atom. The van der Waals surface area contributed by atoms with Crippen LogP contribution in [0.5, 0.6) is 0 Å². The highest BCUT2D eigenvalue weighted by atomic mass is 32.2. The fraction of sp³-hybridized carbons (Fsp3) is 0.688. The minimum atomic E-state index is -3.00. The molecule has 1 saturated heterocycles. The van der Waals surface area contributed by atoms with E-state index in [4.69, 9.17) is 0 Å². The van der Waals surface area contributed by atoms with Gasteiger partial charge in [-0.05, 0) is 34.1 Å². The van der Waals surface area contributed by atoms with E-state index in [1.165, 1.54) is 11.8 Å². The van der Waals surface area contributed by atoms with Gasteiger partial charge in [0.1, 0.15) is 5.82 Å². The highest BCUT2D eigenvalue weighted by molar-refractivity contribution is 8.00. The van der Waals surface area contributed by atoms with Crippen molar-refractivity contribution >= 4 is 27.5 Å². The number of allylic oxidation sites excluding steroid dienone is 1. The van der Waals surface area contributed by atoms with Crippen molar-refractivity contribution < 1.29 is 13.2 Å². The third-order valence-corrected chi connectivity index (χ3v) is 6.65. The van der Waals surface area contributed by atoms with Gasteiger partial charge >= 0.3 is 0 Å². The Kier molecular flexibility index (Phi) is 5.98. The first-order chi connectivity index (χ1) is 11.5. The van der Waals surface area contributed by atoms with Gasteiger partial charge in [-0.1, -0.05) is 17.8 Å². The van der Waals surface area contributed by atoms with E-state index in [2.05, 4.69) is 22.1 Å². The zero-order valence-corrected chi connectivity index (χ0v) is 16.8. The van der Waals surface area contributed by atoms with Crippen LogP contribution in [-0.2, 0) is 21.2 Å². The molecule has 7 nitrogen and oxygen atoms in total. The molecule has 0 spiro atoms. The molecule has 2 rings (SSSR count). The van der Waals surface area contributed by atoms with Crippen LogP contribution in [0, 0.1) is 0 Å². The molecule has 0 bridgehead atoms. The molecule has 0 aliphatic carbocycles. The van der Waals surface area contributed by atoms with Gasteiger partial charge in [-0.2, -0.15) is 0 Å². The number of nitrogens with zero attached hydrogens (tertiary/aromatic N) is 3. The van der Waals surface area contributed by atoms with Crippen molar-refractivity contribution in [2.75, 3.05) is 11.5 Å². The maximum absolute atomic E-state index is 12.3. The van der Waals surface area contributed by atoms with Gasteiger partial charge in [0.15, 0.2) is 15.0 Å². The number of carbonyl (C=O) groups is 1. The predicted octanol–water partition coefficient (Wildman–Crippen LogP) is 1.76. The second-order valence-electron chi connectivity index (χ2n) is 7.34. The van der Waals surface area contributed by atoms with E-state index >= 15 is 0 Å². The normalized spacial score (nSPS) is 21.0. The van der Waals surface area contributed by atoms with Gasteiger partial charge in [-0.25, -0.2) is 8.42 Å². The number of hydrogen-bond donors (Lipinski definition) is 1. The number of sulfone groups is 1. The average Bonchev–Trinajstić information content (AvgIpc) is 3.01. The molecular formula is C16H26N4O3S2. The van der Waals surface area contributed by atoms with Crippen LogP contribution in [-0.4, -0.2) is 51.4 Å². The van der Waals surface area contributed by atoms with E-state index in [9.17, 15) is 13.2 Å². The smallest absolute Gasteiger partial charge is 0.233 e. The van der Waals surface area contributed by atoms with Gasteiger partial charge < -0.3 is 9.88 Å². The van der Waals surface area contributed by atoms with Crippen molar-refractivity contribution in [1.82, 2.24) is 20.1 Å². The lowest BCUT2D eigenvalue weighted by Crippen LogP contribution is -2.44. The van der Waals surface area contributed by atoms with Crippen LogP contribution in [0.2, 0.25) is 0 Å². The molecule has 1 N–H and O–H groups in total. The Morgan fingerprint density at radius 1 is 1.48 bits per heavy atom. The van der Waals surface area contributed by atoms with Crippen LogP contribution >= 0.6 is 11.8 Å². The zero-order valence-electron chi connectivity index (χ0n) is 15.2. The van der Waals surface area contributed by atoms with E-state index in [1.807, 2.05) is 32.3 Å². The van der Waals surface area contributed by atoms with Gasteiger partial charge in [-0.3, -0.25) is 4.79 Å². The van der Waals surface area contributed by atoms with Crippen LogP contribution in [0.4, 0.5) is 0 Å². The van der Waals surface area contributed by atoms with E-state index in [1.54, 1.807) is 6.08 Å². The summed E-state index contributed by atoms with van der Waals surface area (Å²) in [6.07, 6.45) is 2.28. The van der Waals surface area contributed by atoms with Crippen molar-refractivity contribution in [3.8, 4) is 0 Å². The van der Waals surface area contributed by atoms with E-state index < -0.39 is 9.84 Å².